The van der Waals surface area contributed by atoms with Crippen LogP contribution in [0.15, 0.2) is 18.2 Å². The molecule has 1 unspecified atom stereocenters. The van der Waals surface area contributed by atoms with Crippen molar-refractivity contribution in [1.82, 2.24) is 0 Å². The number of ketones is 1. The van der Waals surface area contributed by atoms with E-state index in [0.29, 0.717) is 5.56 Å². The summed E-state index contributed by atoms with van der Waals surface area (Å²) < 4.78 is 12.9. The molecule has 0 spiro atoms. The molecule has 0 aliphatic carbocycles. The summed E-state index contributed by atoms with van der Waals surface area (Å²) in [6, 6.07) is 4.20. The molecule has 0 amide bonds. The Balaban J connectivity index is 3.08. The van der Waals surface area contributed by atoms with Crippen LogP contribution in [0, 0.1) is 12.7 Å². The van der Waals surface area contributed by atoms with Gasteiger partial charge in [0.2, 0.25) is 0 Å². The van der Waals surface area contributed by atoms with E-state index in [1.807, 2.05) is 0 Å². The van der Waals surface area contributed by atoms with Gasteiger partial charge in [-0.15, -0.1) is 11.6 Å². The molecule has 0 saturated carbocycles. The molecule has 1 aromatic rings. The average molecular weight is 201 g/mol. The van der Waals surface area contributed by atoms with E-state index in [4.69, 9.17) is 11.6 Å². The molecule has 0 fully saturated rings. The molecule has 0 aromatic heterocycles. The Morgan fingerprint density at radius 1 is 1.46 bits per heavy atom. The fourth-order valence-corrected chi connectivity index (χ4v) is 1.23. The van der Waals surface area contributed by atoms with E-state index in [9.17, 15) is 9.18 Å². The van der Waals surface area contributed by atoms with Crippen molar-refractivity contribution in [3.8, 4) is 0 Å². The Labute approximate surface area is 81.5 Å². The van der Waals surface area contributed by atoms with E-state index >= 15 is 0 Å². The number of hydrogen-bond acceptors (Lipinski definition) is 1. The van der Waals surface area contributed by atoms with Gasteiger partial charge in [0.05, 0.1) is 5.38 Å². The summed E-state index contributed by atoms with van der Waals surface area (Å²) in [5.74, 6) is -0.648. The van der Waals surface area contributed by atoms with Crippen molar-refractivity contribution in [2.24, 2.45) is 0 Å². The van der Waals surface area contributed by atoms with E-state index in [1.165, 1.54) is 12.1 Å². The lowest BCUT2D eigenvalue weighted by molar-refractivity contribution is 0.0991. The Morgan fingerprint density at radius 3 is 2.54 bits per heavy atom. The van der Waals surface area contributed by atoms with Gasteiger partial charge in [0.1, 0.15) is 5.82 Å². The second-order valence-electron chi connectivity index (χ2n) is 3.00. The zero-order valence-corrected chi connectivity index (χ0v) is 8.23. The van der Waals surface area contributed by atoms with Gasteiger partial charge in [-0.2, -0.15) is 0 Å². The molecule has 3 heteroatoms. The van der Waals surface area contributed by atoms with Crippen LogP contribution in [0.2, 0.25) is 0 Å². The monoisotopic (exact) mass is 200 g/mol. The molecule has 70 valence electrons. The first-order valence-corrected chi connectivity index (χ1v) is 4.40. The second-order valence-corrected chi connectivity index (χ2v) is 3.65. The fourth-order valence-electron chi connectivity index (χ4n) is 1.11. The minimum atomic E-state index is -0.610. The molecule has 1 nitrogen and oxygen atoms in total. The summed E-state index contributed by atoms with van der Waals surface area (Å²) in [5, 5.41) is -0.610. The lowest BCUT2D eigenvalue weighted by Crippen LogP contribution is -2.10. The van der Waals surface area contributed by atoms with Gasteiger partial charge in [-0.3, -0.25) is 4.79 Å². The van der Waals surface area contributed by atoms with E-state index < -0.39 is 11.2 Å². The molecule has 1 aromatic carbocycles. The number of carbonyl (C=O) groups excluding carboxylic acids is 1. The number of benzene rings is 1. The summed E-state index contributed by atoms with van der Waals surface area (Å²) in [5.41, 5.74) is 1.06. The first-order valence-electron chi connectivity index (χ1n) is 3.96. The van der Waals surface area contributed by atoms with Crippen molar-refractivity contribution in [3.05, 3.63) is 35.1 Å². The largest absolute Gasteiger partial charge is 0.293 e. The minimum absolute atomic E-state index is 0.246. The number of hydrogen-bond donors (Lipinski definition) is 0. The number of carbonyl (C=O) groups is 1. The number of alkyl halides is 1. The summed E-state index contributed by atoms with van der Waals surface area (Å²) in [4.78, 5) is 11.4. The summed E-state index contributed by atoms with van der Waals surface area (Å²) in [7, 11) is 0. The van der Waals surface area contributed by atoms with E-state index in [0.717, 1.165) is 5.56 Å². The van der Waals surface area contributed by atoms with Gasteiger partial charge in [0, 0.05) is 5.56 Å². The van der Waals surface area contributed by atoms with Crippen LogP contribution in [0.5, 0.6) is 0 Å². The van der Waals surface area contributed by atoms with Crippen LogP contribution in [0.25, 0.3) is 0 Å². The Morgan fingerprint density at radius 2 is 2.08 bits per heavy atom. The normalized spacial score (nSPS) is 12.6. The molecule has 0 saturated heterocycles. The van der Waals surface area contributed by atoms with Crippen molar-refractivity contribution >= 4 is 17.4 Å². The van der Waals surface area contributed by atoms with Gasteiger partial charge < -0.3 is 0 Å². The maximum absolute atomic E-state index is 12.9. The first-order chi connectivity index (χ1) is 6.00. The average Bonchev–Trinajstić information content (AvgIpc) is 2.01. The Hall–Kier alpha value is -0.890. The summed E-state index contributed by atoms with van der Waals surface area (Å²) in [6.07, 6.45) is 0. The molecule has 0 aliphatic rings. The molecular formula is C10H10ClFO. The van der Waals surface area contributed by atoms with Gasteiger partial charge in [0.15, 0.2) is 5.78 Å². The predicted octanol–water partition coefficient (Wildman–Crippen LogP) is 2.94. The van der Waals surface area contributed by atoms with Crippen molar-refractivity contribution in [3.63, 3.8) is 0 Å². The highest BCUT2D eigenvalue weighted by molar-refractivity contribution is 6.33. The van der Waals surface area contributed by atoms with Crippen LogP contribution >= 0.6 is 11.6 Å². The number of halogens is 2. The third-order valence-electron chi connectivity index (χ3n) is 1.69. The lowest BCUT2D eigenvalue weighted by Gasteiger charge is -2.03. The van der Waals surface area contributed by atoms with E-state index in [1.54, 1.807) is 19.9 Å². The lowest BCUT2D eigenvalue weighted by atomic mass is 10.1. The highest BCUT2D eigenvalue weighted by Crippen LogP contribution is 2.12. The molecule has 0 N–H and O–H groups in total. The molecule has 1 atom stereocenters. The maximum Gasteiger partial charge on any atom is 0.180 e. The van der Waals surface area contributed by atoms with Crippen LogP contribution in [0.4, 0.5) is 4.39 Å². The van der Waals surface area contributed by atoms with Crippen molar-refractivity contribution in [1.29, 1.82) is 0 Å². The van der Waals surface area contributed by atoms with Crippen LogP contribution in [-0.4, -0.2) is 11.2 Å². The van der Waals surface area contributed by atoms with Crippen LogP contribution in [-0.2, 0) is 0 Å². The number of aryl methyl sites for hydroxylation is 1. The van der Waals surface area contributed by atoms with Gasteiger partial charge in [-0.05, 0) is 37.6 Å². The highest BCUT2D eigenvalue weighted by atomic mass is 35.5. The van der Waals surface area contributed by atoms with Crippen molar-refractivity contribution in [2.45, 2.75) is 19.2 Å². The standard InChI is InChI=1S/C10H10ClFO/c1-6-3-8(5-9(12)4-6)10(13)7(2)11/h3-5,7H,1-2H3. The smallest absolute Gasteiger partial charge is 0.180 e. The molecule has 1 rings (SSSR count). The van der Waals surface area contributed by atoms with Crippen LogP contribution < -0.4 is 0 Å². The third kappa shape index (κ3) is 2.52. The number of Topliss-reactive ketones (excluding diaryl/α,β-unsaturated/α-hetero) is 1. The highest BCUT2D eigenvalue weighted by Gasteiger charge is 2.13. The molecule has 0 aliphatic heterocycles. The topological polar surface area (TPSA) is 17.1 Å². The summed E-state index contributed by atoms with van der Waals surface area (Å²) >= 11 is 5.60. The SMILES string of the molecule is Cc1cc(F)cc(C(=O)C(C)Cl)c1. The van der Waals surface area contributed by atoms with Crippen LogP contribution in [0.1, 0.15) is 22.8 Å². The van der Waals surface area contributed by atoms with E-state index in [2.05, 4.69) is 0 Å². The molecular weight excluding hydrogens is 191 g/mol. The van der Waals surface area contributed by atoms with Crippen LogP contribution in [0.3, 0.4) is 0 Å². The third-order valence-corrected chi connectivity index (χ3v) is 1.89. The van der Waals surface area contributed by atoms with Gasteiger partial charge in [-0.25, -0.2) is 4.39 Å². The summed E-state index contributed by atoms with van der Waals surface area (Å²) in [6.45, 7) is 3.31. The Bertz CT molecular complexity index is 313. The zero-order chi connectivity index (χ0) is 10.0. The Kier molecular flexibility index (Phi) is 3.04. The first kappa shape index (κ1) is 10.2. The quantitative estimate of drug-likeness (QED) is 0.530. The zero-order valence-electron chi connectivity index (χ0n) is 7.47. The van der Waals surface area contributed by atoms with Crippen molar-refractivity contribution < 1.29 is 9.18 Å². The van der Waals surface area contributed by atoms with Crippen molar-refractivity contribution in [2.75, 3.05) is 0 Å². The molecule has 0 radical (unpaired) electrons. The van der Waals surface area contributed by atoms with Gasteiger partial charge in [-0.1, -0.05) is 0 Å². The maximum atomic E-state index is 12.9. The molecule has 13 heavy (non-hydrogen) atoms. The molecule has 0 bridgehead atoms. The molecule has 0 heterocycles. The fraction of sp³-hybridized carbons (Fsp3) is 0.300. The van der Waals surface area contributed by atoms with Gasteiger partial charge >= 0.3 is 0 Å². The predicted molar refractivity (Wildman–Crippen MR) is 50.8 cm³/mol. The van der Waals surface area contributed by atoms with E-state index in [-0.39, 0.29) is 5.78 Å². The number of rotatable bonds is 2. The van der Waals surface area contributed by atoms with Gasteiger partial charge in [0.25, 0.3) is 0 Å². The minimum Gasteiger partial charge on any atom is -0.293 e. The second kappa shape index (κ2) is 3.88.